The summed E-state index contributed by atoms with van der Waals surface area (Å²) in [7, 11) is 0. The summed E-state index contributed by atoms with van der Waals surface area (Å²) in [6, 6.07) is 19.4. The van der Waals surface area contributed by atoms with E-state index in [0.29, 0.717) is 27.0 Å². The molecule has 4 aromatic rings. The zero-order valence-electron chi connectivity index (χ0n) is 18.7. The van der Waals surface area contributed by atoms with Gasteiger partial charge in [0.25, 0.3) is 11.6 Å². The highest BCUT2D eigenvalue weighted by Gasteiger charge is 2.19. The molecule has 0 radical (unpaired) electrons. The summed E-state index contributed by atoms with van der Waals surface area (Å²) in [6.07, 6.45) is 0.488. The van der Waals surface area contributed by atoms with E-state index < -0.39 is 22.9 Å². The minimum Gasteiger partial charge on any atom is -0.481 e. The van der Waals surface area contributed by atoms with Gasteiger partial charge < -0.3 is 9.47 Å². The number of hydrogen-bond donors (Lipinski definition) is 1. The fraction of sp³-hybridized carbons (Fsp3) is 0.0800. The molecule has 182 valence electrons. The number of nitrogens with zero attached hydrogens (tertiary/aromatic N) is 2. The van der Waals surface area contributed by atoms with Crippen LogP contribution in [0.15, 0.2) is 77.9 Å². The normalized spacial score (nSPS) is 11.8. The Hall–Kier alpha value is -4.28. The topological polar surface area (TPSA) is 120 Å². The number of fused-ring (bicyclic) bond motifs is 1. The number of benzene rings is 3. The third-order valence-corrected chi connectivity index (χ3v) is 6.56. The van der Waals surface area contributed by atoms with Gasteiger partial charge in [0.1, 0.15) is 16.4 Å². The van der Waals surface area contributed by atoms with Gasteiger partial charge in [-0.05, 0) is 42.8 Å². The lowest BCUT2D eigenvalue weighted by Crippen LogP contribution is -2.33. The lowest BCUT2D eigenvalue weighted by Gasteiger charge is -2.12. The van der Waals surface area contributed by atoms with Crippen LogP contribution in [0.5, 0.6) is 11.5 Å². The lowest BCUT2D eigenvalue weighted by atomic mass is 10.2. The number of ether oxygens (including phenoxy) is 2. The molecular formula is C25H18ClN3O6S. The summed E-state index contributed by atoms with van der Waals surface area (Å²) in [5.41, 5.74) is 2.86. The van der Waals surface area contributed by atoms with Crippen molar-refractivity contribution in [3.8, 4) is 11.5 Å². The smallest absolute Gasteiger partial charge is 0.355 e. The van der Waals surface area contributed by atoms with Crippen LogP contribution >= 0.6 is 22.9 Å². The Morgan fingerprint density at radius 1 is 1.08 bits per heavy atom. The molecule has 1 amide bonds. The first kappa shape index (κ1) is 24.8. The second kappa shape index (κ2) is 11.0. The first-order chi connectivity index (χ1) is 17.3. The number of carbonyl (C=O) groups is 2. The fourth-order valence-electron chi connectivity index (χ4n) is 3.12. The van der Waals surface area contributed by atoms with E-state index in [1.807, 2.05) is 24.3 Å². The Morgan fingerprint density at radius 2 is 1.83 bits per heavy atom. The molecule has 0 aliphatic heterocycles. The second-order valence-electron chi connectivity index (χ2n) is 7.45. The van der Waals surface area contributed by atoms with E-state index in [1.165, 1.54) is 48.7 Å². The van der Waals surface area contributed by atoms with Gasteiger partial charge in [-0.3, -0.25) is 14.9 Å². The average Bonchev–Trinajstić information content (AvgIpc) is 3.21. The van der Waals surface area contributed by atoms with Gasteiger partial charge in [-0.2, -0.15) is 5.10 Å². The Labute approximate surface area is 214 Å². The van der Waals surface area contributed by atoms with Crippen molar-refractivity contribution >= 4 is 56.8 Å². The molecule has 4 rings (SSSR count). The molecule has 9 nitrogen and oxygen atoms in total. The van der Waals surface area contributed by atoms with Crippen LogP contribution in [0.4, 0.5) is 5.69 Å². The van der Waals surface area contributed by atoms with Crippen LogP contribution in [0.1, 0.15) is 22.2 Å². The quantitative estimate of drug-likeness (QED) is 0.105. The molecule has 3 aromatic carbocycles. The summed E-state index contributed by atoms with van der Waals surface area (Å²) in [6.45, 7) is 1.52. The molecule has 0 saturated carbocycles. The van der Waals surface area contributed by atoms with E-state index in [1.54, 1.807) is 24.3 Å². The number of hydrogen-bond acceptors (Lipinski definition) is 8. The molecule has 1 aromatic heterocycles. The molecule has 0 aliphatic carbocycles. The molecule has 1 N–H and O–H groups in total. The summed E-state index contributed by atoms with van der Waals surface area (Å²) in [5, 5.41) is 15.8. The van der Waals surface area contributed by atoms with Crippen molar-refractivity contribution < 1.29 is 24.0 Å². The van der Waals surface area contributed by atoms with Gasteiger partial charge in [-0.25, -0.2) is 10.2 Å². The van der Waals surface area contributed by atoms with Gasteiger partial charge >= 0.3 is 5.97 Å². The van der Waals surface area contributed by atoms with Crippen molar-refractivity contribution in [1.82, 2.24) is 5.43 Å². The predicted octanol–water partition coefficient (Wildman–Crippen LogP) is 5.60. The highest BCUT2D eigenvalue weighted by molar-refractivity contribution is 7.21. The van der Waals surface area contributed by atoms with Gasteiger partial charge in [-0.1, -0.05) is 41.9 Å². The largest absolute Gasteiger partial charge is 0.481 e. The maximum Gasteiger partial charge on any atom is 0.355 e. The van der Waals surface area contributed by atoms with Crippen molar-refractivity contribution in [3.63, 3.8) is 0 Å². The number of nitro groups is 1. The number of nitro benzene ring substituents is 1. The molecule has 1 unspecified atom stereocenters. The molecule has 0 spiro atoms. The molecule has 11 heteroatoms. The van der Waals surface area contributed by atoms with E-state index in [9.17, 15) is 19.7 Å². The van der Waals surface area contributed by atoms with Gasteiger partial charge in [0.05, 0.1) is 16.2 Å². The first-order valence-corrected chi connectivity index (χ1v) is 11.7. The van der Waals surface area contributed by atoms with Crippen molar-refractivity contribution in [3.05, 3.63) is 98.4 Å². The Bertz CT molecular complexity index is 1470. The zero-order chi connectivity index (χ0) is 25.7. The number of halogens is 1. The average molecular weight is 524 g/mol. The molecule has 0 bridgehead atoms. The fourth-order valence-corrected chi connectivity index (χ4v) is 4.51. The maximum absolute atomic E-state index is 12.7. The van der Waals surface area contributed by atoms with Crippen LogP contribution in [-0.4, -0.2) is 29.1 Å². The summed E-state index contributed by atoms with van der Waals surface area (Å²) in [4.78, 5) is 35.4. The van der Waals surface area contributed by atoms with Crippen molar-refractivity contribution in [2.45, 2.75) is 13.0 Å². The molecule has 36 heavy (non-hydrogen) atoms. The number of non-ortho nitro benzene ring substituents is 1. The molecule has 1 atom stereocenters. The third-order valence-electron chi connectivity index (χ3n) is 4.91. The van der Waals surface area contributed by atoms with Gasteiger partial charge in [0.2, 0.25) is 0 Å². The van der Waals surface area contributed by atoms with Crippen molar-refractivity contribution in [2.24, 2.45) is 5.10 Å². The van der Waals surface area contributed by atoms with Crippen LogP contribution in [0.25, 0.3) is 10.1 Å². The third kappa shape index (κ3) is 5.85. The lowest BCUT2D eigenvalue weighted by molar-refractivity contribution is -0.384. The summed E-state index contributed by atoms with van der Waals surface area (Å²) < 4.78 is 11.8. The minimum atomic E-state index is -0.901. The van der Waals surface area contributed by atoms with Crippen LogP contribution in [-0.2, 0) is 4.79 Å². The van der Waals surface area contributed by atoms with Gasteiger partial charge in [0.15, 0.2) is 6.10 Å². The molecule has 1 heterocycles. The Kier molecular flexibility index (Phi) is 7.57. The van der Waals surface area contributed by atoms with Crippen LogP contribution in [0.3, 0.4) is 0 Å². The van der Waals surface area contributed by atoms with Gasteiger partial charge in [0, 0.05) is 22.2 Å². The monoisotopic (exact) mass is 523 g/mol. The van der Waals surface area contributed by atoms with E-state index in [0.717, 1.165) is 10.1 Å². The van der Waals surface area contributed by atoms with E-state index >= 15 is 0 Å². The number of esters is 1. The Morgan fingerprint density at radius 3 is 2.56 bits per heavy atom. The number of hydrazone groups is 1. The Balaban J connectivity index is 1.34. The second-order valence-corrected chi connectivity index (χ2v) is 8.88. The molecule has 0 fully saturated rings. The molecule has 0 saturated heterocycles. The van der Waals surface area contributed by atoms with Crippen LogP contribution in [0, 0.1) is 10.1 Å². The number of thiophene rings is 1. The molecule has 0 aliphatic rings. The highest BCUT2D eigenvalue weighted by Crippen LogP contribution is 2.35. The number of rotatable bonds is 8. The van der Waals surface area contributed by atoms with E-state index in [2.05, 4.69) is 10.5 Å². The van der Waals surface area contributed by atoms with E-state index in [4.69, 9.17) is 21.1 Å². The highest BCUT2D eigenvalue weighted by atomic mass is 35.5. The number of carbonyl (C=O) groups excluding carboxylic acids is 2. The minimum absolute atomic E-state index is 0.0797. The first-order valence-electron chi connectivity index (χ1n) is 10.5. The van der Waals surface area contributed by atoms with Crippen LogP contribution in [0.2, 0.25) is 5.02 Å². The summed E-state index contributed by atoms with van der Waals surface area (Å²) in [5.74, 6) is -0.494. The molecular weight excluding hydrogens is 506 g/mol. The number of amides is 1. The van der Waals surface area contributed by atoms with Gasteiger partial charge in [-0.15, -0.1) is 11.3 Å². The van der Waals surface area contributed by atoms with Crippen LogP contribution < -0.4 is 14.9 Å². The zero-order valence-corrected chi connectivity index (χ0v) is 20.3. The maximum atomic E-state index is 12.7. The van der Waals surface area contributed by atoms with E-state index in [-0.39, 0.29) is 5.69 Å². The number of nitrogens with one attached hydrogen (secondary N) is 1. The summed E-state index contributed by atoms with van der Waals surface area (Å²) >= 11 is 7.61. The predicted molar refractivity (Wildman–Crippen MR) is 137 cm³/mol. The van der Waals surface area contributed by atoms with Crippen molar-refractivity contribution in [1.29, 1.82) is 0 Å². The van der Waals surface area contributed by atoms with Crippen molar-refractivity contribution in [2.75, 3.05) is 0 Å². The standard InChI is InChI=1S/C25H18ClN3O6S/c1-15(34-18-11-9-17(10-12-18)29(32)33)24(30)28-27-14-16-5-4-6-19(13-16)35-25(31)23-22(26)20-7-2-3-8-21(20)36-23/h2-15H,1H3,(H,28,30)/b27-14+. The SMILES string of the molecule is CC(Oc1ccc([N+](=O)[O-])cc1)C(=O)N/N=C/c1cccc(OC(=O)c2sc3ccccc3c2Cl)c1.